The summed E-state index contributed by atoms with van der Waals surface area (Å²) in [6, 6.07) is 0. The molecule has 0 spiro atoms. The van der Waals surface area contributed by atoms with Gasteiger partial charge in [-0.3, -0.25) is 9.48 Å². The second-order valence-corrected chi connectivity index (χ2v) is 6.49. The number of halogens is 1. The number of nitrogens with two attached hydrogens (primary N) is 1. The van der Waals surface area contributed by atoms with Crippen LogP contribution >= 0.6 is 11.6 Å². The van der Waals surface area contributed by atoms with Crippen molar-refractivity contribution in [3.05, 3.63) is 16.4 Å². The smallest absolute Gasteiger partial charge is 0.138 e. The molecule has 0 aromatic carbocycles. The summed E-state index contributed by atoms with van der Waals surface area (Å²) in [5.41, 5.74) is 7.68. The lowest BCUT2D eigenvalue weighted by molar-refractivity contribution is -0.121. The van der Waals surface area contributed by atoms with Crippen LogP contribution in [0.1, 0.15) is 49.8 Å². The van der Waals surface area contributed by atoms with Gasteiger partial charge in [0.25, 0.3) is 0 Å². The number of hydrogen-bond acceptors (Lipinski definition) is 3. The normalized spacial score (nSPS) is 18.2. The van der Waals surface area contributed by atoms with Gasteiger partial charge >= 0.3 is 0 Å². The molecule has 1 aromatic rings. The molecule has 1 aliphatic rings. The summed E-state index contributed by atoms with van der Waals surface area (Å²) in [6.45, 7) is 2.51. The number of aromatic nitrogens is 2. The van der Waals surface area contributed by atoms with Crippen LogP contribution in [-0.4, -0.2) is 22.1 Å². The van der Waals surface area contributed by atoms with Gasteiger partial charge in [-0.2, -0.15) is 5.10 Å². The fourth-order valence-corrected chi connectivity index (χ4v) is 3.55. The summed E-state index contributed by atoms with van der Waals surface area (Å²) in [6.07, 6.45) is 6.76. The van der Waals surface area contributed by atoms with Gasteiger partial charge in [-0.1, -0.05) is 30.9 Å². The predicted molar refractivity (Wildman–Crippen MR) is 80.9 cm³/mol. The van der Waals surface area contributed by atoms with E-state index in [9.17, 15) is 4.79 Å². The van der Waals surface area contributed by atoms with E-state index in [0.717, 1.165) is 24.1 Å². The summed E-state index contributed by atoms with van der Waals surface area (Å²) >= 11 is 6.19. The molecule has 1 aromatic heterocycles. The van der Waals surface area contributed by atoms with E-state index in [0.29, 0.717) is 24.5 Å². The third kappa shape index (κ3) is 3.23. The highest BCUT2D eigenvalue weighted by Crippen LogP contribution is 2.39. The zero-order valence-corrected chi connectivity index (χ0v) is 13.2. The first-order valence-electron chi connectivity index (χ1n) is 7.37. The maximum Gasteiger partial charge on any atom is 0.138 e. The van der Waals surface area contributed by atoms with Gasteiger partial charge in [0, 0.05) is 25.5 Å². The highest BCUT2D eigenvalue weighted by atomic mass is 35.5. The lowest BCUT2D eigenvalue weighted by Gasteiger charge is -2.35. The Bertz CT molecular complexity index is 490. The summed E-state index contributed by atoms with van der Waals surface area (Å²) < 4.78 is 1.62. The molecule has 0 aliphatic heterocycles. The first kappa shape index (κ1) is 15.5. The molecule has 1 fully saturated rings. The number of rotatable bonds is 5. The first-order valence-corrected chi connectivity index (χ1v) is 7.75. The number of carbonyl (C=O) groups is 1. The fourth-order valence-electron chi connectivity index (χ4n) is 3.31. The van der Waals surface area contributed by atoms with Crippen molar-refractivity contribution in [3.8, 4) is 0 Å². The highest BCUT2D eigenvalue weighted by Gasteiger charge is 2.33. The van der Waals surface area contributed by atoms with E-state index in [1.54, 1.807) is 11.7 Å². The molecule has 20 heavy (non-hydrogen) atoms. The Morgan fingerprint density at radius 3 is 2.55 bits per heavy atom. The molecular formula is C15H24ClN3O. The summed E-state index contributed by atoms with van der Waals surface area (Å²) in [4.78, 5) is 12.4. The first-order chi connectivity index (χ1) is 9.47. The van der Waals surface area contributed by atoms with Crippen molar-refractivity contribution in [2.75, 3.05) is 6.54 Å². The molecule has 2 N–H and O–H groups in total. The minimum absolute atomic E-state index is 0.0257. The molecule has 0 atom stereocenters. The average Bonchev–Trinajstić information content (AvgIpc) is 2.66. The number of carbonyl (C=O) groups excluding carboxylic acids is 1. The fraction of sp³-hybridized carbons (Fsp3) is 0.733. The van der Waals surface area contributed by atoms with Gasteiger partial charge in [0.05, 0.1) is 5.69 Å². The molecule has 112 valence electrons. The van der Waals surface area contributed by atoms with E-state index in [-0.39, 0.29) is 11.2 Å². The third-order valence-corrected chi connectivity index (χ3v) is 5.04. The van der Waals surface area contributed by atoms with E-state index in [1.807, 2.05) is 6.92 Å². The quantitative estimate of drug-likeness (QED) is 0.909. The second-order valence-electron chi connectivity index (χ2n) is 6.14. The average molecular weight is 298 g/mol. The maximum absolute atomic E-state index is 12.4. The Labute approximate surface area is 125 Å². The second kappa shape index (κ2) is 6.27. The minimum atomic E-state index is 0.0257. The van der Waals surface area contributed by atoms with Crippen LogP contribution in [0.15, 0.2) is 0 Å². The van der Waals surface area contributed by atoms with Crippen LogP contribution in [0.4, 0.5) is 0 Å². The van der Waals surface area contributed by atoms with E-state index >= 15 is 0 Å². The lowest BCUT2D eigenvalue weighted by Crippen LogP contribution is -2.35. The summed E-state index contributed by atoms with van der Waals surface area (Å²) in [5.74, 6) is 0.232. The van der Waals surface area contributed by atoms with Crippen molar-refractivity contribution >= 4 is 17.4 Å². The van der Waals surface area contributed by atoms with Gasteiger partial charge in [0.1, 0.15) is 10.9 Å². The van der Waals surface area contributed by atoms with Crippen LogP contribution < -0.4 is 5.73 Å². The van der Waals surface area contributed by atoms with E-state index in [4.69, 9.17) is 17.3 Å². The Morgan fingerprint density at radius 2 is 2.05 bits per heavy atom. The van der Waals surface area contributed by atoms with Crippen molar-refractivity contribution in [1.29, 1.82) is 0 Å². The predicted octanol–water partition coefficient (Wildman–Crippen LogP) is 2.79. The number of aryl methyl sites for hydroxylation is 2. The SMILES string of the molecule is Cc1nn(C)c(Cl)c1CC(=O)CC1(CN)CCCCC1. The molecule has 0 amide bonds. The van der Waals surface area contributed by atoms with Crippen LogP contribution in [0.5, 0.6) is 0 Å². The van der Waals surface area contributed by atoms with Gasteiger partial charge in [0.15, 0.2) is 0 Å². The number of nitrogens with zero attached hydrogens (tertiary/aromatic N) is 2. The molecule has 0 saturated heterocycles. The van der Waals surface area contributed by atoms with Crippen molar-refractivity contribution in [3.63, 3.8) is 0 Å². The molecule has 1 saturated carbocycles. The molecule has 0 unspecified atom stereocenters. The standard InChI is InChI=1S/C15H24ClN3O/c1-11-13(14(16)19(2)18-11)8-12(20)9-15(10-17)6-4-3-5-7-15/h3-10,17H2,1-2H3. The van der Waals surface area contributed by atoms with Crippen molar-refractivity contribution in [1.82, 2.24) is 9.78 Å². The number of ketones is 1. The van der Waals surface area contributed by atoms with Crippen molar-refractivity contribution < 1.29 is 4.79 Å². The largest absolute Gasteiger partial charge is 0.330 e. The van der Waals surface area contributed by atoms with Crippen LogP contribution in [0.2, 0.25) is 5.15 Å². The van der Waals surface area contributed by atoms with Gasteiger partial charge in [-0.05, 0) is 31.7 Å². The monoisotopic (exact) mass is 297 g/mol. The van der Waals surface area contributed by atoms with E-state index in [2.05, 4.69) is 5.10 Å². The van der Waals surface area contributed by atoms with E-state index in [1.165, 1.54) is 19.3 Å². The molecule has 1 heterocycles. The summed E-state index contributed by atoms with van der Waals surface area (Å²) in [5, 5.41) is 4.83. The van der Waals surface area contributed by atoms with Gasteiger partial charge in [-0.15, -0.1) is 0 Å². The lowest BCUT2D eigenvalue weighted by atomic mass is 9.70. The molecule has 1 aliphatic carbocycles. The van der Waals surface area contributed by atoms with Crippen LogP contribution in [0.25, 0.3) is 0 Å². The Kier molecular flexibility index (Phi) is 4.86. The molecule has 4 nitrogen and oxygen atoms in total. The zero-order valence-electron chi connectivity index (χ0n) is 12.4. The van der Waals surface area contributed by atoms with Crippen LogP contribution in [0.3, 0.4) is 0 Å². The molecule has 5 heteroatoms. The minimum Gasteiger partial charge on any atom is -0.330 e. The van der Waals surface area contributed by atoms with Gasteiger partial charge in [0.2, 0.25) is 0 Å². The number of hydrogen-bond donors (Lipinski definition) is 1. The number of Topliss-reactive ketones (excluding diaryl/α,β-unsaturated/α-hetero) is 1. The molecular weight excluding hydrogens is 274 g/mol. The van der Waals surface area contributed by atoms with Crippen LogP contribution in [-0.2, 0) is 18.3 Å². The Morgan fingerprint density at radius 1 is 1.40 bits per heavy atom. The van der Waals surface area contributed by atoms with Gasteiger partial charge in [-0.25, -0.2) is 0 Å². The maximum atomic E-state index is 12.4. The van der Waals surface area contributed by atoms with Crippen LogP contribution in [0, 0.1) is 12.3 Å². The molecule has 0 bridgehead atoms. The van der Waals surface area contributed by atoms with Gasteiger partial charge < -0.3 is 5.73 Å². The Balaban J connectivity index is 2.04. The molecule has 0 radical (unpaired) electrons. The zero-order chi connectivity index (χ0) is 14.8. The van der Waals surface area contributed by atoms with Crippen molar-refractivity contribution in [2.45, 2.75) is 51.9 Å². The third-order valence-electron chi connectivity index (χ3n) is 4.56. The summed E-state index contributed by atoms with van der Waals surface area (Å²) in [7, 11) is 1.80. The van der Waals surface area contributed by atoms with E-state index < -0.39 is 0 Å². The Hall–Kier alpha value is -0.870. The topological polar surface area (TPSA) is 60.9 Å². The molecule has 2 rings (SSSR count). The van der Waals surface area contributed by atoms with Crippen molar-refractivity contribution in [2.24, 2.45) is 18.2 Å². The highest BCUT2D eigenvalue weighted by molar-refractivity contribution is 6.30.